The molecular formula is C26H32N2+2. The molecule has 144 valence electrons. The molecule has 1 aliphatic rings. The molecule has 2 heterocycles. The van der Waals surface area contributed by atoms with E-state index in [0.29, 0.717) is 0 Å². The molecule has 0 radical (unpaired) electrons. The second kappa shape index (κ2) is 8.10. The van der Waals surface area contributed by atoms with Crippen molar-refractivity contribution in [3.05, 3.63) is 84.2 Å². The summed E-state index contributed by atoms with van der Waals surface area (Å²) < 4.78 is 4.27. The van der Waals surface area contributed by atoms with Crippen LogP contribution in [0.15, 0.2) is 78.7 Å². The Hall–Kier alpha value is -2.74. The zero-order valence-electron chi connectivity index (χ0n) is 17.7. The molecular weight excluding hydrogens is 340 g/mol. The summed E-state index contributed by atoms with van der Waals surface area (Å²) in [7, 11) is 0. The van der Waals surface area contributed by atoms with Crippen LogP contribution >= 0.6 is 0 Å². The number of hydrogen-bond donors (Lipinski definition) is 0. The van der Waals surface area contributed by atoms with Gasteiger partial charge in [-0.3, -0.25) is 0 Å². The predicted molar refractivity (Wildman–Crippen MR) is 119 cm³/mol. The zero-order chi connectivity index (χ0) is 20.3. The Morgan fingerprint density at radius 1 is 1.14 bits per heavy atom. The minimum atomic E-state index is -0.0729. The molecule has 2 heteroatoms. The van der Waals surface area contributed by atoms with E-state index < -0.39 is 0 Å². The summed E-state index contributed by atoms with van der Waals surface area (Å²) in [6.07, 6.45) is 10.6. The van der Waals surface area contributed by atoms with Gasteiger partial charge >= 0.3 is 0 Å². The molecule has 0 fully saturated rings. The summed E-state index contributed by atoms with van der Waals surface area (Å²) >= 11 is 0. The van der Waals surface area contributed by atoms with Gasteiger partial charge in [0.15, 0.2) is 18.6 Å². The van der Waals surface area contributed by atoms with E-state index in [4.69, 9.17) is 0 Å². The number of fused-ring (bicyclic) bond motifs is 3. The molecule has 0 N–H and O–H groups in total. The third kappa shape index (κ3) is 3.07. The maximum Gasteiger partial charge on any atom is 0.218 e. The lowest BCUT2D eigenvalue weighted by Gasteiger charge is -2.36. The summed E-state index contributed by atoms with van der Waals surface area (Å²) in [5.41, 5.74) is 6.51. The number of rotatable bonds is 6. The molecule has 0 bridgehead atoms. The topological polar surface area (TPSA) is 6.89 Å². The SMILES string of the molecule is C=C[N+](=C)C(C(C)=CC)C1=C[n+]2ccccc2-c2ccccc2C1(CC)CC. The molecule has 0 spiro atoms. The van der Waals surface area contributed by atoms with Crippen molar-refractivity contribution in [3.8, 4) is 11.3 Å². The van der Waals surface area contributed by atoms with Crippen molar-refractivity contribution in [1.82, 2.24) is 0 Å². The van der Waals surface area contributed by atoms with Gasteiger partial charge in [-0.2, -0.15) is 4.57 Å². The normalized spacial score (nSPS) is 16.3. The first-order chi connectivity index (χ1) is 13.5. The Balaban J connectivity index is 2.45. The molecule has 2 nitrogen and oxygen atoms in total. The lowest BCUT2D eigenvalue weighted by Crippen LogP contribution is -2.40. The average Bonchev–Trinajstić information content (AvgIpc) is 2.86. The molecule has 28 heavy (non-hydrogen) atoms. The van der Waals surface area contributed by atoms with Crippen LogP contribution in [0.2, 0.25) is 0 Å². The van der Waals surface area contributed by atoms with E-state index in [2.05, 4.69) is 106 Å². The highest BCUT2D eigenvalue weighted by atomic mass is 15.0. The van der Waals surface area contributed by atoms with Gasteiger partial charge in [0, 0.05) is 17.5 Å². The van der Waals surface area contributed by atoms with Crippen molar-refractivity contribution >= 4 is 12.9 Å². The van der Waals surface area contributed by atoms with Crippen LogP contribution in [0.25, 0.3) is 17.5 Å². The maximum absolute atomic E-state index is 4.30. The third-order valence-electron chi connectivity index (χ3n) is 6.39. The van der Waals surface area contributed by atoms with Crippen LogP contribution in [0.1, 0.15) is 46.1 Å². The number of hydrogen-bond acceptors (Lipinski definition) is 0. The van der Waals surface area contributed by atoms with E-state index in [9.17, 15) is 0 Å². The summed E-state index contributed by atoms with van der Waals surface area (Å²) in [6.45, 7) is 17.2. The van der Waals surface area contributed by atoms with Crippen molar-refractivity contribution in [2.24, 2.45) is 0 Å². The maximum atomic E-state index is 4.30. The molecule has 3 rings (SSSR count). The lowest BCUT2D eigenvalue weighted by atomic mass is 9.66. The molecule has 1 aromatic carbocycles. The molecule has 0 amide bonds. The molecule has 1 aliphatic heterocycles. The van der Waals surface area contributed by atoms with Crippen molar-refractivity contribution in [2.75, 3.05) is 0 Å². The fourth-order valence-electron chi connectivity index (χ4n) is 4.67. The lowest BCUT2D eigenvalue weighted by molar-refractivity contribution is -0.558. The number of nitrogens with zero attached hydrogens (tertiary/aromatic N) is 2. The fourth-order valence-corrected chi connectivity index (χ4v) is 4.67. The largest absolute Gasteiger partial charge is 0.218 e. The summed E-state index contributed by atoms with van der Waals surface area (Å²) in [4.78, 5) is 0. The highest BCUT2D eigenvalue weighted by Crippen LogP contribution is 2.47. The Labute approximate surface area is 169 Å². The Kier molecular flexibility index (Phi) is 5.79. The van der Waals surface area contributed by atoms with E-state index in [0.717, 1.165) is 12.8 Å². The minimum Gasteiger partial charge on any atom is -0.201 e. The van der Waals surface area contributed by atoms with Gasteiger partial charge in [0.25, 0.3) is 0 Å². The van der Waals surface area contributed by atoms with E-state index in [1.165, 1.54) is 28.0 Å². The van der Waals surface area contributed by atoms with Gasteiger partial charge in [0.2, 0.25) is 11.7 Å². The molecule has 2 aromatic rings. The Morgan fingerprint density at radius 3 is 2.46 bits per heavy atom. The Morgan fingerprint density at radius 2 is 1.82 bits per heavy atom. The average molecular weight is 373 g/mol. The molecule has 0 aliphatic carbocycles. The van der Waals surface area contributed by atoms with Crippen LogP contribution in [0.3, 0.4) is 0 Å². The van der Waals surface area contributed by atoms with Gasteiger partial charge < -0.3 is 0 Å². The van der Waals surface area contributed by atoms with Gasteiger partial charge in [0.05, 0.1) is 11.1 Å². The summed E-state index contributed by atoms with van der Waals surface area (Å²) in [5.74, 6) is 0. The van der Waals surface area contributed by atoms with Crippen LogP contribution in [0, 0.1) is 0 Å². The van der Waals surface area contributed by atoms with E-state index in [-0.39, 0.29) is 11.5 Å². The summed E-state index contributed by atoms with van der Waals surface area (Å²) in [6, 6.07) is 15.4. The quantitative estimate of drug-likeness (QED) is 0.346. The summed E-state index contributed by atoms with van der Waals surface area (Å²) in [5, 5.41) is 0. The highest BCUT2D eigenvalue weighted by molar-refractivity contribution is 5.68. The van der Waals surface area contributed by atoms with Crippen LogP contribution < -0.4 is 4.57 Å². The van der Waals surface area contributed by atoms with E-state index in [1.54, 1.807) is 0 Å². The van der Waals surface area contributed by atoms with E-state index >= 15 is 0 Å². The fraction of sp³-hybridized carbons (Fsp3) is 0.308. The molecule has 1 aromatic heterocycles. The monoisotopic (exact) mass is 372 g/mol. The first kappa shape index (κ1) is 20.0. The van der Waals surface area contributed by atoms with Crippen molar-refractivity contribution in [3.63, 3.8) is 0 Å². The molecule has 0 saturated carbocycles. The number of pyridine rings is 1. The second-order valence-electron chi connectivity index (χ2n) is 7.54. The van der Waals surface area contributed by atoms with Gasteiger partial charge in [-0.05, 0) is 56.5 Å². The van der Waals surface area contributed by atoms with Gasteiger partial charge in [-0.25, -0.2) is 4.58 Å². The number of benzene rings is 1. The molecule has 0 saturated heterocycles. The van der Waals surface area contributed by atoms with Gasteiger partial charge in [0.1, 0.15) is 6.72 Å². The van der Waals surface area contributed by atoms with Gasteiger partial charge in [-0.15, -0.1) is 0 Å². The highest BCUT2D eigenvalue weighted by Gasteiger charge is 2.46. The molecule has 1 unspecified atom stereocenters. The third-order valence-corrected chi connectivity index (χ3v) is 6.39. The molecule has 1 atom stereocenters. The van der Waals surface area contributed by atoms with Crippen molar-refractivity contribution in [1.29, 1.82) is 0 Å². The van der Waals surface area contributed by atoms with Crippen LogP contribution in [-0.2, 0) is 5.41 Å². The van der Waals surface area contributed by atoms with Crippen LogP contribution in [-0.4, -0.2) is 17.3 Å². The number of aromatic nitrogens is 1. The standard InChI is InChI=1S/C26H32N2/c1-7-20(5)25(27(6)10-4)23-19-28-18-14-13-17-24(28)21-15-11-12-16-22(21)26(23,8-2)9-3/h7,10-19,25H,4,6,8-9H2,1-3,5H3/q+2. The van der Waals surface area contributed by atoms with Crippen molar-refractivity contribution in [2.45, 2.75) is 52.0 Å². The Bertz CT molecular complexity index is 956. The first-order valence-electron chi connectivity index (χ1n) is 10.2. The van der Waals surface area contributed by atoms with Gasteiger partial charge in [-0.1, -0.05) is 38.1 Å². The zero-order valence-corrected chi connectivity index (χ0v) is 17.7. The van der Waals surface area contributed by atoms with Crippen LogP contribution in [0.5, 0.6) is 0 Å². The predicted octanol–water partition coefficient (Wildman–Crippen LogP) is 5.74. The number of allylic oxidation sites excluding steroid dienone is 1. The second-order valence-corrected chi connectivity index (χ2v) is 7.54. The first-order valence-corrected chi connectivity index (χ1v) is 10.2. The van der Waals surface area contributed by atoms with Crippen LogP contribution in [0.4, 0.5) is 0 Å². The smallest absolute Gasteiger partial charge is 0.201 e. The minimum absolute atomic E-state index is 0.0640. The van der Waals surface area contributed by atoms with E-state index in [1.807, 2.05) is 10.8 Å². The van der Waals surface area contributed by atoms with Crippen molar-refractivity contribution < 1.29 is 9.14 Å².